The number of halogens is 3. The van der Waals surface area contributed by atoms with Gasteiger partial charge in [-0.15, -0.1) is 10.2 Å². The maximum absolute atomic E-state index is 12.3. The van der Waals surface area contributed by atoms with Crippen LogP contribution in [0.5, 0.6) is 0 Å². The second kappa shape index (κ2) is 5.09. The lowest BCUT2D eigenvalue weighted by Gasteiger charge is -2.12. The first-order valence-electron chi connectivity index (χ1n) is 5.78. The van der Waals surface area contributed by atoms with E-state index in [1.54, 1.807) is 0 Å². The van der Waals surface area contributed by atoms with Crippen LogP contribution in [0.25, 0.3) is 0 Å². The second-order valence-corrected chi connectivity index (χ2v) is 4.60. The standard InChI is InChI=1S/C11H15F3N4/c1-18-5-4-8(7-18)6-15-10-3-2-9(16-17-10)11(12,13)14/h2-3,8H,4-7H2,1H3,(H,15,17). The number of hydrogen-bond acceptors (Lipinski definition) is 4. The summed E-state index contributed by atoms with van der Waals surface area (Å²) < 4.78 is 36.8. The van der Waals surface area contributed by atoms with Gasteiger partial charge in [-0.25, -0.2) is 0 Å². The molecular weight excluding hydrogens is 245 g/mol. The quantitative estimate of drug-likeness (QED) is 0.900. The van der Waals surface area contributed by atoms with Gasteiger partial charge in [-0.3, -0.25) is 0 Å². The van der Waals surface area contributed by atoms with Gasteiger partial charge in [-0.2, -0.15) is 13.2 Å². The molecule has 0 radical (unpaired) electrons. The minimum absolute atomic E-state index is 0.387. The zero-order valence-corrected chi connectivity index (χ0v) is 10.0. The summed E-state index contributed by atoms with van der Waals surface area (Å²) in [6, 6.07) is 2.25. The monoisotopic (exact) mass is 260 g/mol. The number of alkyl halides is 3. The number of rotatable bonds is 3. The van der Waals surface area contributed by atoms with Crippen molar-refractivity contribution in [2.45, 2.75) is 12.6 Å². The maximum atomic E-state index is 12.3. The second-order valence-electron chi connectivity index (χ2n) is 4.60. The van der Waals surface area contributed by atoms with Crippen LogP contribution in [0.2, 0.25) is 0 Å². The van der Waals surface area contributed by atoms with Gasteiger partial charge in [0.2, 0.25) is 0 Å². The van der Waals surface area contributed by atoms with Crippen LogP contribution < -0.4 is 5.32 Å². The Morgan fingerprint density at radius 1 is 1.39 bits per heavy atom. The fraction of sp³-hybridized carbons (Fsp3) is 0.636. The van der Waals surface area contributed by atoms with E-state index in [-0.39, 0.29) is 0 Å². The normalized spacial score (nSPS) is 21.2. The average molecular weight is 260 g/mol. The van der Waals surface area contributed by atoms with Crippen molar-refractivity contribution in [2.24, 2.45) is 5.92 Å². The van der Waals surface area contributed by atoms with Crippen molar-refractivity contribution in [1.82, 2.24) is 15.1 Å². The summed E-state index contributed by atoms with van der Waals surface area (Å²) >= 11 is 0. The highest BCUT2D eigenvalue weighted by Crippen LogP contribution is 2.27. The molecule has 1 aromatic rings. The molecule has 1 unspecified atom stereocenters. The van der Waals surface area contributed by atoms with Crippen molar-refractivity contribution >= 4 is 5.82 Å². The lowest BCUT2D eigenvalue weighted by Crippen LogP contribution is -2.19. The molecule has 0 saturated carbocycles. The predicted octanol–water partition coefficient (Wildman–Crippen LogP) is 1.86. The smallest absolute Gasteiger partial charge is 0.368 e. The summed E-state index contributed by atoms with van der Waals surface area (Å²) in [6.07, 6.45) is -3.34. The van der Waals surface area contributed by atoms with Crippen molar-refractivity contribution in [1.29, 1.82) is 0 Å². The van der Waals surface area contributed by atoms with E-state index in [1.807, 2.05) is 0 Å². The van der Waals surface area contributed by atoms with Crippen LogP contribution in [0.3, 0.4) is 0 Å². The van der Waals surface area contributed by atoms with Gasteiger partial charge >= 0.3 is 6.18 Å². The molecule has 1 aliphatic heterocycles. The van der Waals surface area contributed by atoms with Crippen LogP contribution in [-0.4, -0.2) is 41.8 Å². The summed E-state index contributed by atoms with van der Waals surface area (Å²) in [5.74, 6) is 0.900. The molecule has 7 heteroatoms. The maximum Gasteiger partial charge on any atom is 0.435 e. The first-order valence-corrected chi connectivity index (χ1v) is 5.78. The van der Waals surface area contributed by atoms with Gasteiger partial charge in [0.25, 0.3) is 0 Å². The highest BCUT2D eigenvalue weighted by atomic mass is 19.4. The molecular formula is C11H15F3N4. The molecule has 1 fully saturated rings. The van der Waals surface area contributed by atoms with Crippen molar-refractivity contribution in [2.75, 3.05) is 32.0 Å². The molecule has 18 heavy (non-hydrogen) atoms. The minimum atomic E-state index is -4.43. The van der Waals surface area contributed by atoms with Crippen LogP contribution in [0.15, 0.2) is 12.1 Å². The van der Waals surface area contributed by atoms with Crippen molar-refractivity contribution in [3.63, 3.8) is 0 Å². The molecule has 0 aliphatic carbocycles. The highest BCUT2D eigenvalue weighted by molar-refractivity contribution is 5.33. The van der Waals surface area contributed by atoms with Crippen LogP contribution in [0.4, 0.5) is 19.0 Å². The molecule has 2 heterocycles. The highest BCUT2D eigenvalue weighted by Gasteiger charge is 2.32. The molecule has 1 aliphatic rings. The fourth-order valence-corrected chi connectivity index (χ4v) is 2.02. The predicted molar refractivity (Wildman–Crippen MR) is 61.1 cm³/mol. The summed E-state index contributed by atoms with van der Waals surface area (Å²) in [4.78, 5) is 2.23. The molecule has 1 N–H and O–H groups in total. The third-order valence-corrected chi connectivity index (χ3v) is 3.02. The Balaban J connectivity index is 1.87. The number of likely N-dealkylation sites (tertiary alicyclic amines) is 1. The van der Waals surface area contributed by atoms with E-state index >= 15 is 0 Å². The Hall–Kier alpha value is -1.37. The van der Waals surface area contributed by atoms with Gasteiger partial charge in [0, 0.05) is 13.1 Å². The Labute approximate surface area is 103 Å². The van der Waals surface area contributed by atoms with Crippen molar-refractivity contribution in [3.8, 4) is 0 Å². The molecule has 0 aromatic carbocycles. The molecule has 0 bridgehead atoms. The Bertz CT molecular complexity index is 390. The number of hydrogen-bond donors (Lipinski definition) is 1. The Kier molecular flexibility index (Phi) is 3.70. The lowest BCUT2D eigenvalue weighted by molar-refractivity contribution is -0.141. The van der Waals surface area contributed by atoms with Crippen LogP contribution in [0.1, 0.15) is 12.1 Å². The van der Waals surface area contributed by atoms with E-state index in [9.17, 15) is 13.2 Å². The van der Waals surface area contributed by atoms with Gasteiger partial charge in [0.1, 0.15) is 5.82 Å². The molecule has 2 rings (SSSR count). The van der Waals surface area contributed by atoms with E-state index in [2.05, 4.69) is 27.5 Å². The van der Waals surface area contributed by atoms with E-state index in [0.29, 0.717) is 18.3 Å². The third-order valence-electron chi connectivity index (χ3n) is 3.02. The summed E-state index contributed by atoms with van der Waals surface area (Å²) in [5.41, 5.74) is -0.964. The number of nitrogens with one attached hydrogen (secondary N) is 1. The molecule has 4 nitrogen and oxygen atoms in total. The van der Waals surface area contributed by atoms with Crippen LogP contribution in [-0.2, 0) is 6.18 Å². The minimum Gasteiger partial charge on any atom is -0.368 e. The fourth-order valence-electron chi connectivity index (χ4n) is 2.02. The average Bonchev–Trinajstić information content (AvgIpc) is 2.72. The zero-order chi connectivity index (χ0) is 13.2. The van der Waals surface area contributed by atoms with E-state index < -0.39 is 11.9 Å². The van der Waals surface area contributed by atoms with Crippen molar-refractivity contribution < 1.29 is 13.2 Å². The van der Waals surface area contributed by atoms with Crippen LogP contribution >= 0.6 is 0 Å². The van der Waals surface area contributed by atoms with E-state index in [0.717, 1.165) is 25.6 Å². The SMILES string of the molecule is CN1CCC(CNc2ccc(C(F)(F)F)nn2)C1. The molecule has 1 atom stereocenters. The largest absolute Gasteiger partial charge is 0.435 e. The summed E-state index contributed by atoms with van der Waals surface area (Å²) in [6.45, 7) is 2.77. The van der Waals surface area contributed by atoms with Gasteiger partial charge in [-0.05, 0) is 38.1 Å². The van der Waals surface area contributed by atoms with Crippen LogP contribution in [0, 0.1) is 5.92 Å². The topological polar surface area (TPSA) is 41.0 Å². The van der Waals surface area contributed by atoms with Gasteiger partial charge in [0.15, 0.2) is 5.69 Å². The Morgan fingerprint density at radius 3 is 2.67 bits per heavy atom. The summed E-state index contributed by atoms with van der Waals surface area (Å²) in [7, 11) is 2.05. The number of aromatic nitrogens is 2. The van der Waals surface area contributed by atoms with Crippen molar-refractivity contribution in [3.05, 3.63) is 17.8 Å². The lowest BCUT2D eigenvalue weighted by atomic mass is 10.1. The van der Waals surface area contributed by atoms with E-state index in [4.69, 9.17) is 0 Å². The molecule has 1 saturated heterocycles. The molecule has 1 aromatic heterocycles. The summed E-state index contributed by atoms with van der Waals surface area (Å²) in [5, 5.41) is 9.71. The first-order chi connectivity index (χ1) is 8.45. The molecule has 100 valence electrons. The first kappa shape index (κ1) is 13.1. The molecule has 0 amide bonds. The van der Waals surface area contributed by atoms with Gasteiger partial charge < -0.3 is 10.2 Å². The van der Waals surface area contributed by atoms with Gasteiger partial charge in [0.05, 0.1) is 0 Å². The van der Waals surface area contributed by atoms with E-state index in [1.165, 1.54) is 6.07 Å². The molecule has 0 spiro atoms. The third kappa shape index (κ3) is 3.32. The zero-order valence-electron chi connectivity index (χ0n) is 10.0. The number of anilines is 1. The van der Waals surface area contributed by atoms with Gasteiger partial charge in [-0.1, -0.05) is 0 Å². The number of nitrogens with zero attached hydrogens (tertiary/aromatic N) is 3. The Morgan fingerprint density at radius 2 is 2.17 bits per heavy atom.